The van der Waals surface area contributed by atoms with E-state index in [-0.39, 0.29) is 6.61 Å². The van der Waals surface area contributed by atoms with E-state index in [0.717, 1.165) is 22.6 Å². The van der Waals surface area contributed by atoms with E-state index in [9.17, 15) is 5.11 Å². The van der Waals surface area contributed by atoms with Gasteiger partial charge in [-0.05, 0) is 18.1 Å². The highest BCUT2D eigenvalue weighted by atomic mass is 28.4. The van der Waals surface area contributed by atoms with Crippen molar-refractivity contribution in [3.05, 3.63) is 0 Å². The van der Waals surface area contributed by atoms with Gasteiger partial charge in [-0.15, -0.1) is 0 Å². The zero-order valence-corrected chi connectivity index (χ0v) is 11.2. The lowest BCUT2D eigenvalue weighted by atomic mass is 10.4. The van der Waals surface area contributed by atoms with Gasteiger partial charge in [0.2, 0.25) is 0 Å². The van der Waals surface area contributed by atoms with Gasteiger partial charge in [-0.3, -0.25) is 0 Å². The highest BCUT2D eigenvalue weighted by Gasteiger charge is 2.31. The van der Waals surface area contributed by atoms with Gasteiger partial charge in [0.25, 0.3) is 0 Å². The lowest BCUT2D eigenvalue weighted by Crippen LogP contribution is -2.40. The number of hydrogen-bond donors (Lipinski definition) is 2. The molecule has 0 aromatic carbocycles. The Bertz CT molecular complexity index is 109. The van der Waals surface area contributed by atoms with Crippen LogP contribution in [0.25, 0.3) is 0 Å². The molecule has 0 heterocycles. The molecule has 0 bridgehead atoms. The van der Waals surface area contributed by atoms with Crippen LogP contribution >= 0.6 is 0 Å². The van der Waals surface area contributed by atoms with Gasteiger partial charge < -0.3 is 14.3 Å². The first kappa shape index (κ1) is 12.3. The summed E-state index contributed by atoms with van der Waals surface area (Å²) in [6, 6.07) is 2.74. The van der Waals surface area contributed by atoms with E-state index in [1.165, 1.54) is 0 Å². The van der Waals surface area contributed by atoms with E-state index in [2.05, 4.69) is 13.8 Å². The fraction of sp³-hybridized carbons (Fsp3) is 1.00. The molecule has 0 aromatic heterocycles. The number of rotatable bonds is 6. The second-order valence-corrected chi connectivity index (χ2v) is 8.96. The van der Waals surface area contributed by atoms with E-state index in [1.54, 1.807) is 0 Å². The molecule has 2 N–H and O–H groups in total. The molecule has 0 radical (unpaired) electrons. The topological polar surface area (TPSA) is 49.7 Å². The molecule has 74 valence electrons. The SMILES string of the molecule is CC[Si](CC)(CC(O)CO)O[SiH3]. The quantitative estimate of drug-likeness (QED) is 0.585. The van der Waals surface area contributed by atoms with E-state index < -0.39 is 14.4 Å². The Balaban J connectivity index is 4.09. The second kappa shape index (κ2) is 5.87. The highest BCUT2D eigenvalue weighted by Crippen LogP contribution is 2.22. The van der Waals surface area contributed by atoms with Crippen LogP contribution in [0.1, 0.15) is 13.8 Å². The van der Waals surface area contributed by atoms with Crippen molar-refractivity contribution < 1.29 is 14.3 Å². The number of aliphatic hydroxyl groups excluding tert-OH is 2. The first-order valence-corrected chi connectivity index (χ1v) is 7.82. The van der Waals surface area contributed by atoms with Crippen molar-refractivity contribution in [1.82, 2.24) is 0 Å². The van der Waals surface area contributed by atoms with Crippen molar-refractivity contribution >= 4 is 18.8 Å². The summed E-state index contributed by atoms with van der Waals surface area (Å²) in [4.78, 5) is 0. The first-order valence-electron chi connectivity index (χ1n) is 4.48. The highest BCUT2D eigenvalue weighted by molar-refractivity contribution is 6.76. The largest absolute Gasteiger partial charge is 0.463 e. The summed E-state index contributed by atoms with van der Waals surface area (Å²) in [7, 11) is -0.907. The zero-order chi connectivity index (χ0) is 9.61. The number of aliphatic hydroxyl groups is 2. The maximum absolute atomic E-state index is 9.31. The third kappa shape index (κ3) is 3.36. The summed E-state index contributed by atoms with van der Waals surface area (Å²) in [5, 5.41) is 18.0. The molecule has 0 aliphatic carbocycles. The lowest BCUT2D eigenvalue weighted by Gasteiger charge is -2.29. The van der Waals surface area contributed by atoms with Crippen LogP contribution in [0.2, 0.25) is 18.1 Å². The Kier molecular flexibility index (Phi) is 6.03. The van der Waals surface area contributed by atoms with Crippen molar-refractivity contribution in [3.63, 3.8) is 0 Å². The van der Waals surface area contributed by atoms with Gasteiger partial charge in [0.05, 0.1) is 12.7 Å². The third-order valence-electron chi connectivity index (χ3n) is 2.54. The van der Waals surface area contributed by atoms with Crippen LogP contribution in [0.15, 0.2) is 0 Å². The van der Waals surface area contributed by atoms with Gasteiger partial charge >= 0.3 is 0 Å². The molecule has 1 unspecified atom stereocenters. The molecule has 0 saturated carbocycles. The van der Waals surface area contributed by atoms with Gasteiger partial charge in [-0.2, -0.15) is 0 Å². The van der Waals surface area contributed by atoms with Crippen LogP contribution in [-0.4, -0.2) is 41.7 Å². The van der Waals surface area contributed by atoms with Crippen molar-refractivity contribution in [3.8, 4) is 0 Å². The summed E-state index contributed by atoms with van der Waals surface area (Å²) >= 11 is 0. The molecule has 0 aliphatic rings. The van der Waals surface area contributed by atoms with Crippen LogP contribution in [0.4, 0.5) is 0 Å². The Morgan fingerprint density at radius 3 is 2.17 bits per heavy atom. The van der Waals surface area contributed by atoms with Crippen molar-refractivity contribution in [2.45, 2.75) is 38.1 Å². The molecule has 0 fully saturated rings. The minimum atomic E-state index is -1.65. The minimum absolute atomic E-state index is 0.139. The molecule has 0 spiro atoms. The summed E-state index contributed by atoms with van der Waals surface area (Å²) in [6.45, 7) is 4.08. The lowest BCUT2D eigenvalue weighted by molar-refractivity contribution is 0.106. The van der Waals surface area contributed by atoms with E-state index in [4.69, 9.17) is 9.22 Å². The van der Waals surface area contributed by atoms with Crippen molar-refractivity contribution in [2.75, 3.05) is 6.61 Å². The molecule has 1 atom stereocenters. The third-order valence-corrected chi connectivity index (χ3v) is 9.80. The molecule has 3 nitrogen and oxygen atoms in total. The smallest absolute Gasteiger partial charge is 0.181 e. The van der Waals surface area contributed by atoms with Gasteiger partial charge in [0.1, 0.15) is 10.5 Å². The van der Waals surface area contributed by atoms with Crippen LogP contribution in [0, 0.1) is 0 Å². The first-order chi connectivity index (χ1) is 5.64. The average molecular weight is 208 g/mol. The number of hydrogen-bond acceptors (Lipinski definition) is 3. The predicted octanol–water partition coefficient (Wildman–Crippen LogP) is -0.378. The Labute approximate surface area is 78.4 Å². The van der Waals surface area contributed by atoms with Gasteiger partial charge in [0.15, 0.2) is 8.32 Å². The standard InChI is InChI=1S/C7H20O3Si2/c1-3-12(4-2,10-11)6-7(9)5-8/h7-9H,3-6H2,1-2,11H3. The maximum Gasteiger partial charge on any atom is 0.181 e. The normalized spacial score (nSPS) is 15.0. The summed E-state index contributed by atoms with van der Waals surface area (Å²) in [5.74, 6) is 0. The predicted molar refractivity (Wildman–Crippen MR) is 55.6 cm³/mol. The summed E-state index contributed by atoms with van der Waals surface area (Å²) in [5.41, 5.74) is 0. The summed E-state index contributed by atoms with van der Waals surface area (Å²) in [6.07, 6.45) is -0.578. The second-order valence-electron chi connectivity index (χ2n) is 3.13. The molecule has 0 aromatic rings. The molecular formula is C7H20O3Si2. The Morgan fingerprint density at radius 2 is 1.92 bits per heavy atom. The van der Waals surface area contributed by atoms with Gasteiger partial charge in [-0.1, -0.05) is 13.8 Å². The average Bonchev–Trinajstić information content (AvgIpc) is 2.14. The van der Waals surface area contributed by atoms with Crippen molar-refractivity contribution in [1.29, 1.82) is 0 Å². The van der Waals surface area contributed by atoms with Crippen molar-refractivity contribution in [2.24, 2.45) is 0 Å². The monoisotopic (exact) mass is 208 g/mol. The maximum atomic E-state index is 9.31. The fourth-order valence-electron chi connectivity index (χ4n) is 1.40. The minimum Gasteiger partial charge on any atom is -0.463 e. The van der Waals surface area contributed by atoms with E-state index >= 15 is 0 Å². The summed E-state index contributed by atoms with van der Waals surface area (Å²) < 4.78 is 5.62. The molecule has 0 aliphatic heterocycles. The Hall–Kier alpha value is 0.314. The molecule has 5 heteroatoms. The molecule has 12 heavy (non-hydrogen) atoms. The van der Waals surface area contributed by atoms with E-state index in [1.807, 2.05) is 0 Å². The molecule has 0 rings (SSSR count). The van der Waals surface area contributed by atoms with E-state index in [0.29, 0.717) is 6.04 Å². The van der Waals surface area contributed by atoms with Crippen LogP contribution in [-0.2, 0) is 4.12 Å². The van der Waals surface area contributed by atoms with Crippen LogP contribution in [0.5, 0.6) is 0 Å². The van der Waals surface area contributed by atoms with Gasteiger partial charge in [0, 0.05) is 0 Å². The Morgan fingerprint density at radius 1 is 1.42 bits per heavy atom. The van der Waals surface area contributed by atoms with Gasteiger partial charge in [-0.25, -0.2) is 0 Å². The fourth-order valence-corrected chi connectivity index (χ4v) is 6.45. The van der Waals surface area contributed by atoms with Crippen LogP contribution in [0.3, 0.4) is 0 Å². The molecule has 0 saturated heterocycles. The molecular weight excluding hydrogens is 188 g/mol. The van der Waals surface area contributed by atoms with Crippen LogP contribution < -0.4 is 0 Å². The molecule has 0 amide bonds. The zero-order valence-electron chi connectivity index (χ0n) is 8.21.